The first-order chi connectivity index (χ1) is 11.0. The van der Waals surface area contributed by atoms with Gasteiger partial charge in [-0.1, -0.05) is 11.8 Å². The van der Waals surface area contributed by atoms with Gasteiger partial charge >= 0.3 is 0 Å². The zero-order valence-corrected chi connectivity index (χ0v) is 13.6. The van der Waals surface area contributed by atoms with E-state index in [0.717, 1.165) is 0 Å². The van der Waals surface area contributed by atoms with Crippen LogP contribution in [0.1, 0.15) is 6.92 Å². The van der Waals surface area contributed by atoms with Gasteiger partial charge in [-0.15, -0.1) is 10.2 Å². The third kappa shape index (κ3) is 4.42. The fraction of sp³-hybridized carbons (Fsp3) is 0.357. The number of rotatable bonds is 7. The Kier molecular flexibility index (Phi) is 5.94. The number of methoxy groups -OCH3 is 1. The van der Waals surface area contributed by atoms with E-state index >= 15 is 0 Å². The van der Waals surface area contributed by atoms with Crippen LogP contribution in [0.2, 0.25) is 0 Å². The van der Waals surface area contributed by atoms with Gasteiger partial charge in [0.2, 0.25) is 11.1 Å². The van der Waals surface area contributed by atoms with E-state index in [0.29, 0.717) is 29.7 Å². The van der Waals surface area contributed by atoms with Gasteiger partial charge in [0.25, 0.3) is 0 Å². The van der Waals surface area contributed by atoms with E-state index < -0.39 is 0 Å². The number of hydrogen-bond acceptors (Lipinski definition) is 6. The molecule has 1 atom stereocenters. The summed E-state index contributed by atoms with van der Waals surface area (Å²) in [5, 5.41) is 10.7. The van der Waals surface area contributed by atoms with Gasteiger partial charge in [-0.05, 0) is 31.2 Å². The minimum atomic E-state index is -0.389. The van der Waals surface area contributed by atoms with Crippen molar-refractivity contribution in [3.8, 4) is 11.4 Å². The van der Waals surface area contributed by atoms with E-state index in [4.69, 9.17) is 10.6 Å². The summed E-state index contributed by atoms with van der Waals surface area (Å²) in [6.07, 6.45) is 0. The summed E-state index contributed by atoms with van der Waals surface area (Å²) in [7, 11) is 1.57. The average Bonchev–Trinajstić information content (AvgIpc) is 2.89. The zero-order valence-electron chi connectivity index (χ0n) is 12.8. The highest BCUT2D eigenvalue weighted by atomic mass is 32.2. The van der Waals surface area contributed by atoms with Crippen molar-refractivity contribution in [2.24, 2.45) is 0 Å². The molecule has 1 amide bonds. The number of hydrogen-bond donors (Lipinski definition) is 2. The standard InChI is InChI=1S/C14H18FN5O2S/c1-9(13(21)17-7-8-22-2)23-14-19-18-12(20(14)16)10-3-5-11(15)6-4-10/h3-6,9H,7-8,16H2,1-2H3,(H,17,21)/t9-/m0/s1. The number of aromatic nitrogens is 3. The normalized spacial score (nSPS) is 12.1. The second-order valence-corrected chi connectivity index (χ2v) is 6.03. The van der Waals surface area contributed by atoms with E-state index in [1.165, 1.54) is 28.6 Å². The molecule has 0 saturated heterocycles. The third-order valence-electron chi connectivity index (χ3n) is 3.02. The van der Waals surface area contributed by atoms with Crippen molar-refractivity contribution in [1.29, 1.82) is 0 Å². The Morgan fingerprint density at radius 1 is 1.43 bits per heavy atom. The largest absolute Gasteiger partial charge is 0.383 e. The molecule has 0 aliphatic rings. The minimum absolute atomic E-state index is 0.140. The summed E-state index contributed by atoms with van der Waals surface area (Å²) in [6, 6.07) is 5.78. The highest BCUT2D eigenvalue weighted by Crippen LogP contribution is 2.24. The van der Waals surface area contributed by atoms with E-state index in [2.05, 4.69) is 15.5 Å². The molecule has 3 N–H and O–H groups in total. The number of halogens is 1. The molecule has 0 aliphatic carbocycles. The Labute approximate surface area is 137 Å². The molecule has 0 aliphatic heterocycles. The van der Waals surface area contributed by atoms with Crippen molar-refractivity contribution in [1.82, 2.24) is 20.2 Å². The van der Waals surface area contributed by atoms with Crippen LogP contribution in [-0.2, 0) is 9.53 Å². The molecule has 1 heterocycles. The number of thioether (sulfide) groups is 1. The maximum Gasteiger partial charge on any atom is 0.233 e. The van der Waals surface area contributed by atoms with Gasteiger partial charge in [0.1, 0.15) is 5.82 Å². The summed E-state index contributed by atoms with van der Waals surface area (Å²) in [6.45, 7) is 2.64. The molecule has 0 saturated carbocycles. The minimum Gasteiger partial charge on any atom is -0.383 e. The molecule has 0 unspecified atom stereocenters. The molecule has 0 fully saturated rings. The van der Waals surface area contributed by atoms with Gasteiger partial charge in [0.05, 0.1) is 11.9 Å². The van der Waals surface area contributed by atoms with Crippen molar-refractivity contribution >= 4 is 17.7 Å². The van der Waals surface area contributed by atoms with Crippen molar-refractivity contribution in [2.45, 2.75) is 17.3 Å². The number of amides is 1. The maximum absolute atomic E-state index is 13.0. The Hall–Kier alpha value is -2.13. The van der Waals surface area contributed by atoms with Gasteiger partial charge in [-0.25, -0.2) is 9.07 Å². The average molecular weight is 339 g/mol. The fourth-order valence-corrected chi connectivity index (χ4v) is 2.58. The number of benzene rings is 1. The second-order valence-electron chi connectivity index (χ2n) is 4.73. The molecular formula is C14H18FN5O2S. The van der Waals surface area contributed by atoms with Crippen LogP contribution >= 0.6 is 11.8 Å². The van der Waals surface area contributed by atoms with Crippen molar-refractivity contribution in [3.05, 3.63) is 30.1 Å². The summed E-state index contributed by atoms with van der Waals surface area (Å²) in [5.74, 6) is 5.89. The lowest BCUT2D eigenvalue weighted by molar-refractivity contribution is -0.120. The van der Waals surface area contributed by atoms with Gasteiger partial charge in [0, 0.05) is 19.2 Å². The molecule has 23 heavy (non-hydrogen) atoms. The van der Waals surface area contributed by atoms with Crippen LogP contribution in [0.3, 0.4) is 0 Å². The van der Waals surface area contributed by atoms with Crippen LogP contribution in [0.5, 0.6) is 0 Å². The first-order valence-corrected chi connectivity index (χ1v) is 7.80. The fourth-order valence-electron chi connectivity index (χ4n) is 1.78. The number of nitrogen functional groups attached to an aromatic ring is 1. The molecule has 1 aromatic carbocycles. The zero-order chi connectivity index (χ0) is 16.8. The molecule has 1 aromatic heterocycles. The van der Waals surface area contributed by atoms with Gasteiger partial charge < -0.3 is 15.9 Å². The molecule has 7 nitrogen and oxygen atoms in total. The Morgan fingerprint density at radius 2 is 2.13 bits per heavy atom. The maximum atomic E-state index is 13.0. The molecule has 0 bridgehead atoms. The lowest BCUT2D eigenvalue weighted by Gasteiger charge is -2.11. The first kappa shape index (κ1) is 17.2. The smallest absolute Gasteiger partial charge is 0.233 e. The van der Waals surface area contributed by atoms with E-state index in [9.17, 15) is 9.18 Å². The van der Waals surface area contributed by atoms with Crippen LogP contribution in [0.4, 0.5) is 4.39 Å². The number of carbonyl (C=O) groups is 1. The van der Waals surface area contributed by atoms with Crippen LogP contribution in [0, 0.1) is 5.82 Å². The van der Waals surface area contributed by atoms with Crippen LogP contribution < -0.4 is 11.2 Å². The Bertz CT molecular complexity index is 662. The number of nitrogens with one attached hydrogen (secondary N) is 1. The summed E-state index contributed by atoms with van der Waals surface area (Å²) in [4.78, 5) is 11.9. The summed E-state index contributed by atoms with van der Waals surface area (Å²) >= 11 is 1.19. The predicted molar refractivity (Wildman–Crippen MR) is 85.8 cm³/mol. The van der Waals surface area contributed by atoms with Gasteiger partial charge in [-0.3, -0.25) is 4.79 Å². The van der Waals surface area contributed by atoms with Crippen LogP contribution in [-0.4, -0.2) is 46.3 Å². The van der Waals surface area contributed by atoms with E-state index in [1.807, 2.05) is 0 Å². The highest BCUT2D eigenvalue weighted by Gasteiger charge is 2.19. The van der Waals surface area contributed by atoms with Crippen LogP contribution in [0.15, 0.2) is 29.4 Å². The number of nitrogens with zero attached hydrogens (tertiary/aromatic N) is 3. The number of nitrogens with two attached hydrogens (primary N) is 1. The van der Waals surface area contributed by atoms with Crippen LogP contribution in [0.25, 0.3) is 11.4 Å². The predicted octanol–water partition coefficient (Wildman–Crippen LogP) is 1.04. The van der Waals surface area contributed by atoms with Crippen molar-refractivity contribution in [3.63, 3.8) is 0 Å². The number of ether oxygens (including phenoxy) is 1. The molecular weight excluding hydrogens is 321 g/mol. The monoisotopic (exact) mass is 339 g/mol. The quantitative estimate of drug-likeness (QED) is 0.445. The molecule has 2 rings (SSSR count). The molecule has 124 valence electrons. The molecule has 0 spiro atoms. The topological polar surface area (TPSA) is 95.1 Å². The van der Waals surface area contributed by atoms with Crippen molar-refractivity contribution in [2.75, 3.05) is 26.1 Å². The van der Waals surface area contributed by atoms with Gasteiger partial charge in [0.15, 0.2) is 5.82 Å². The highest BCUT2D eigenvalue weighted by molar-refractivity contribution is 8.00. The third-order valence-corrected chi connectivity index (χ3v) is 4.08. The van der Waals surface area contributed by atoms with Gasteiger partial charge in [-0.2, -0.15) is 0 Å². The first-order valence-electron chi connectivity index (χ1n) is 6.92. The van der Waals surface area contributed by atoms with E-state index in [1.54, 1.807) is 26.2 Å². The lowest BCUT2D eigenvalue weighted by atomic mass is 10.2. The number of carbonyl (C=O) groups excluding carboxylic acids is 1. The van der Waals surface area contributed by atoms with E-state index in [-0.39, 0.29) is 17.0 Å². The lowest BCUT2D eigenvalue weighted by Crippen LogP contribution is -2.33. The Morgan fingerprint density at radius 3 is 2.78 bits per heavy atom. The second kappa shape index (κ2) is 7.93. The molecule has 2 aromatic rings. The Balaban J connectivity index is 2.04. The summed E-state index contributed by atoms with van der Waals surface area (Å²) < 4.78 is 19.1. The molecule has 0 radical (unpaired) electrons. The SMILES string of the molecule is COCCNC(=O)[C@H](C)Sc1nnc(-c2ccc(F)cc2)n1N. The van der Waals surface area contributed by atoms with Crippen molar-refractivity contribution < 1.29 is 13.9 Å². The molecule has 9 heteroatoms. The summed E-state index contributed by atoms with van der Waals surface area (Å²) in [5.41, 5.74) is 0.644.